The van der Waals surface area contributed by atoms with Crippen LogP contribution >= 0.6 is 0 Å². The molecule has 0 aromatic heterocycles. The molecule has 760 valence electrons. The normalized spacial score (nSPS) is 41.3. The van der Waals surface area contributed by atoms with Crippen LogP contribution in [0.25, 0.3) is 0 Å². The lowest BCUT2D eigenvalue weighted by atomic mass is 9.78. The first kappa shape index (κ1) is 115. The molecule has 0 saturated carbocycles. The van der Waals surface area contributed by atoms with Crippen LogP contribution < -0.4 is 37.2 Å². The Morgan fingerprint density at radius 1 is 0.386 bits per heavy atom. The van der Waals surface area contributed by atoms with Crippen LogP contribution in [0.2, 0.25) is 0 Å². The summed E-state index contributed by atoms with van der Waals surface area (Å²) in [4.78, 5) is 119. The molecular weight excluding hydrogens is 1770 g/mol. The Labute approximate surface area is 760 Å². The molecular formula is C81H137N7O44. The maximum atomic E-state index is 12.9. The van der Waals surface area contributed by atoms with Crippen LogP contribution in [-0.2, 0) is 124 Å². The van der Waals surface area contributed by atoms with Gasteiger partial charge in [-0.3, -0.25) is 33.6 Å². The molecule has 25 N–H and O–H groups in total. The fourth-order valence-electron chi connectivity index (χ4n) is 16.4. The number of amides is 7. The summed E-state index contributed by atoms with van der Waals surface area (Å²) in [6.07, 6.45) is -41.5. The predicted molar refractivity (Wildman–Crippen MR) is 442 cm³/mol. The quantitative estimate of drug-likeness (QED) is 0.0169. The molecule has 132 heavy (non-hydrogen) atoms. The van der Waals surface area contributed by atoms with Crippen molar-refractivity contribution in [2.24, 2.45) is 5.92 Å². The fraction of sp³-hybridized carbons (Fsp3) is 0.827. The number of carbonyl (C=O) groups excluding carboxylic acids is 8. The molecule has 7 amide bonds. The van der Waals surface area contributed by atoms with Gasteiger partial charge in [0.25, 0.3) is 5.91 Å². The van der Waals surface area contributed by atoms with Crippen LogP contribution in [0.15, 0.2) is 24.3 Å². The number of ether oxygens (including phenoxy) is 16. The molecule has 0 aliphatic carbocycles. The molecule has 0 radical (unpaired) electrons. The Kier molecular flexibility index (Phi) is 44.0. The first-order valence-corrected chi connectivity index (χ1v) is 42.5. The van der Waals surface area contributed by atoms with E-state index < -0.39 is 322 Å². The number of rotatable bonds is 32. The zero-order valence-electron chi connectivity index (χ0n) is 76.7. The molecule has 8 aliphatic rings. The molecule has 51 nitrogen and oxygen atoms in total. The Hall–Kier alpha value is -7.06. The van der Waals surface area contributed by atoms with Crippen LogP contribution in [0.5, 0.6) is 0 Å². The standard InChI is InChI=1S/C24H40N2O11.C23H39N3O11.C18H31NO11.C16H27NO11/c1-11(2)21(32)34-9-8-25-20(31)16-12(3)23(6,33)19(30)22(36-16)37-24(7)17(26-14(5)28)13(4)35-15(10-27)18(24)29;1-10(2)21(32)24-7-6-8-25-22(33)20-16(30)19(34-5)17(31)23(37-20)36-18-14(26-12(4)28)11(3)35-13(9-27)15(18)29;1-7-11(19-8(2)21)18(4,12(22)9(6-20)28-7)30-16-13(23)17(3,26)14(27-5)10(29-16)15(24)25;1-5-8(17-6(2)19)12(9(20)7(4-18)26-5)27-16-11(22)13(25-3)10(21)14(28-16)15(23)24/h12-13,15-19,22,27,29-30,33H,1,8-10H2,2-7H3,(H,25,31)(H,26,28);11,13-20,23,27,29-31H,1,6-9H2,2-5H3,(H,24,32)(H,25,33)(H,26,28);7,9-14,16,20,22-23,26H,6H2,1-5H3,(H,19,21)(H,24,25);5,7-14,16,18,20-22H,4H2,1-3H3,(H,17,19)(H,23,24)/t12-,13+,15?,16?,17?,18-,19?,22+,23+,24-;11-,13?,14?,15+,16-,17?,18+,19-,20?,23+;7-,9?,10?,11?,12+,13?,14+,16-,17+,18+;5-,7?,8?,9+,10-,11?,12+,13-,14?,16+/m1000/s1. The number of aliphatic hydroxyl groups is 16. The first-order valence-electron chi connectivity index (χ1n) is 42.5. The minimum Gasteiger partial charge on any atom is -0.479 e. The number of methoxy groups -OCH3 is 3. The number of carbonyl (C=O) groups is 10. The molecule has 0 spiro atoms. The number of hydrogen-bond donors (Lipinski definition) is 25. The highest BCUT2D eigenvalue weighted by Gasteiger charge is 2.64. The molecule has 8 rings (SSSR count). The van der Waals surface area contributed by atoms with Crippen molar-refractivity contribution in [3.05, 3.63) is 24.3 Å². The van der Waals surface area contributed by atoms with Crippen LogP contribution in [0.1, 0.15) is 110 Å². The molecule has 16 unspecified atom stereocenters. The number of carboxylic acid groups (broad SMARTS) is 2. The van der Waals surface area contributed by atoms with E-state index in [-0.39, 0.29) is 37.7 Å². The molecule has 0 aromatic carbocycles. The van der Waals surface area contributed by atoms with Gasteiger partial charge >= 0.3 is 17.9 Å². The van der Waals surface area contributed by atoms with Crippen molar-refractivity contribution in [2.45, 2.75) is 347 Å². The number of carboxylic acids is 2. The van der Waals surface area contributed by atoms with E-state index in [0.29, 0.717) is 12.0 Å². The molecule has 8 heterocycles. The van der Waals surface area contributed by atoms with Gasteiger partial charge in [-0.25, -0.2) is 14.4 Å². The summed E-state index contributed by atoms with van der Waals surface area (Å²) < 4.78 is 87.8. The van der Waals surface area contributed by atoms with Crippen molar-refractivity contribution < 1.29 is 216 Å². The van der Waals surface area contributed by atoms with Crippen molar-refractivity contribution in [1.82, 2.24) is 37.2 Å². The van der Waals surface area contributed by atoms with Gasteiger partial charge in [0.05, 0.1) is 87.2 Å². The second-order valence-electron chi connectivity index (χ2n) is 34.1. The Bertz CT molecular complexity index is 3820. The van der Waals surface area contributed by atoms with Gasteiger partial charge in [0, 0.05) is 79.2 Å². The van der Waals surface area contributed by atoms with Crippen molar-refractivity contribution in [3.8, 4) is 0 Å². The van der Waals surface area contributed by atoms with Crippen LogP contribution in [0, 0.1) is 5.92 Å². The topological polar surface area (TPSA) is 767 Å². The third-order valence-electron chi connectivity index (χ3n) is 24.0. The lowest BCUT2D eigenvalue weighted by Crippen LogP contribution is -2.74. The summed E-state index contributed by atoms with van der Waals surface area (Å²) in [6.45, 7) is 26.4. The smallest absolute Gasteiger partial charge is 0.335 e. The van der Waals surface area contributed by atoms with E-state index in [4.69, 9.17) is 75.8 Å². The molecule has 8 fully saturated rings. The van der Waals surface area contributed by atoms with E-state index in [2.05, 4.69) is 50.4 Å². The van der Waals surface area contributed by atoms with E-state index >= 15 is 0 Å². The monoisotopic (exact) mass is 1910 g/mol. The Morgan fingerprint density at radius 2 is 0.742 bits per heavy atom. The highest BCUT2D eigenvalue weighted by atomic mass is 16.8. The number of aliphatic carboxylic acids is 2. The minimum atomic E-state index is -2.08. The van der Waals surface area contributed by atoms with Crippen molar-refractivity contribution in [1.29, 1.82) is 0 Å². The van der Waals surface area contributed by atoms with Gasteiger partial charge in [-0.05, 0) is 75.7 Å². The van der Waals surface area contributed by atoms with Gasteiger partial charge in [-0.15, -0.1) is 0 Å². The second kappa shape index (κ2) is 50.3. The van der Waals surface area contributed by atoms with Crippen LogP contribution in [0.3, 0.4) is 0 Å². The third-order valence-corrected chi connectivity index (χ3v) is 24.0. The van der Waals surface area contributed by atoms with E-state index in [1.54, 1.807) is 34.6 Å². The molecule has 8 saturated heterocycles. The number of nitrogens with one attached hydrogen (secondary N) is 7. The van der Waals surface area contributed by atoms with Gasteiger partial charge in [0.2, 0.25) is 35.4 Å². The minimum absolute atomic E-state index is 0.0469. The van der Waals surface area contributed by atoms with E-state index in [1.165, 1.54) is 83.5 Å². The first-order chi connectivity index (χ1) is 61.4. The number of hydrogen-bond acceptors (Lipinski definition) is 42. The van der Waals surface area contributed by atoms with Gasteiger partial charge in [-0.2, -0.15) is 0 Å². The van der Waals surface area contributed by atoms with E-state index in [9.17, 15) is 140 Å². The van der Waals surface area contributed by atoms with Crippen LogP contribution in [0.4, 0.5) is 0 Å². The van der Waals surface area contributed by atoms with Gasteiger partial charge in [-0.1, -0.05) is 20.1 Å². The highest BCUT2D eigenvalue weighted by Crippen LogP contribution is 2.43. The molecule has 40 atom stereocenters. The lowest BCUT2D eigenvalue weighted by molar-refractivity contribution is -0.366. The molecule has 8 aliphatic heterocycles. The van der Waals surface area contributed by atoms with Crippen molar-refractivity contribution in [2.75, 3.05) is 74.0 Å². The van der Waals surface area contributed by atoms with Crippen molar-refractivity contribution in [3.63, 3.8) is 0 Å². The largest absolute Gasteiger partial charge is 0.479 e. The second-order valence-corrected chi connectivity index (χ2v) is 34.1. The fourth-order valence-corrected chi connectivity index (χ4v) is 16.4. The lowest BCUT2D eigenvalue weighted by Gasteiger charge is -2.54. The average molecular weight is 1910 g/mol. The molecule has 51 heteroatoms. The van der Waals surface area contributed by atoms with Gasteiger partial charge in [0.1, 0.15) is 145 Å². The number of aliphatic hydroxyl groups excluding tert-OH is 14. The SMILES string of the molecule is C=C(C)C(=O)NCCCNC(=O)C1O[C@@H](O[C@@H]2C(NC(C)=O)[C@H](C)OC(CO)[C@H]2O)C(O)[C@@H](OC)[C@@H]1O.C=C(C)C(=O)OCCNC(=O)C1O[C@@H](O[C@]2(C)C(NC(C)=O)[C@H](C)OC(CO)[C@H]2O)C(O)[C@@](C)(O)[C@@H]1C.CO[C@@H]1C(C(=O)O)O[C@@H](O[C@]2(C)C(NC(C)=O)[C@H](C)OC(CO)[C@H]2O)C(O)[C@@]1(C)O.CO[C@@H]1C(O)[C@H](O[C@@H]2C(NC(C)=O)[C@H](C)OC(CO)[C@H]2O)OC(C(=O)O)[C@H]1O. The third kappa shape index (κ3) is 27.9. The zero-order valence-corrected chi connectivity index (χ0v) is 76.7. The van der Waals surface area contributed by atoms with Crippen LogP contribution in [-0.4, -0.2) is 462 Å². The summed E-state index contributed by atoms with van der Waals surface area (Å²) in [7, 11) is 3.56. The molecule has 0 bridgehead atoms. The highest BCUT2D eigenvalue weighted by molar-refractivity contribution is 5.92. The maximum Gasteiger partial charge on any atom is 0.335 e. The number of esters is 1. The zero-order chi connectivity index (χ0) is 100. The Morgan fingerprint density at radius 3 is 1.11 bits per heavy atom. The van der Waals surface area contributed by atoms with Crippen molar-refractivity contribution >= 4 is 59.3 Å². The van der Waals surface area contributed by atoms with E-state index in [0.717, 1.165) is 7.11 Å². The maximum absolute atomic E-state index is 12.9. The summed E-state index contributed by atoms with van der Waals surface area (Å²) in [5.74, 6) is -7.92. The predicted octanol–water partition coefficient (Wildman–Crippen LogP) is -11.3. The van der Waals surface area contributed by atoms with E-state index in [1.807, 2.05) is 0 Å². The summed E-state index contributed by atoms with van der Waals surface area (Å²) in [5, 5.41) is 203. The summed E-state index contributed by atoms with van der Waals surface area (Å²) in [5.41, 5.74) is -6.75. The molecule has 0 aromatic rings. The average Bonchev–Trinajstić information content (AvgIpc) is 0.744. The van der Waals surface area contributed by atoms with Gasteiger partial charge in [0.15, 0.2) is 43.5 Å². The Balaban J connectivity index is 0.000000313. The van der Waals surface area contributed by atoms with Gasteiger partial charge < -0.3 is 205 Å². The summed E-state index contributed by atoms with van der Waals surface area (Å²) in [6, 6.07) is -3.68. The summed E-state index contributed by atoms with van der Waals surface area (Å²) >= 11 is 0.